The molecule has 0 saturated carbocycles. The number of benzene rings is 7. The van der Waals surface area contributed by atoms with Crippen LogP contribution in [0.1, 0.15) is 11.1 Å². The van der Waals surface area contributed by atoms with E-state index in [1.807, 2.05) is 91.3 Å². The second-order valence-electron chi connectivity index (χ2n) is 14.3. The number of hydrogen-bond acceptors (Lipinski definition) is 6. The first kappa shape index (κ1) is 33.9. The van der Waals surface area contributed by atoms with Crippen LogP contribution in [0.4, 0.5) is 0 Å². The SMILES string of the molecule is C1=Cc2ccc(-c3cc(-c4cnc(-c5ccccc5)nc4)nc(-c4ccccc4)n3)cc2-c2cc3oc4ccccc4c3cc2Sc2ccccc2-c2ccccc21. The molecule has 6 heteroatoms. The Balaban J connectivity index is 1.13. The van der Waals surface area contributed by atoms with Gasteiger partial charge in [-0.25, -0.2) is 19.9 Å². The van der Waals surface area contributed by atoms with Crippen LogP contribution in [0.5, 0.6) is 0 Å². The quantitative estimate of drug-likeness (QED) is 0.178. The Morgan fingerprint density at radius 1 is 0.379 bits per heavy atom. The summed E-state index contributed by atoms with van der Waals surface area (Å²) in [5.74, 6) is 1.30. The molecule has 272 valence electrons. The predicted octanol–water partition coefficient (Wildman–Crippen LogP) is 13.8. The van der Waals surface area contributed by atoms with Gasteiger partial charge >= 0.3 is 0 Å². The monoisotopic (exact) mass is 760 g/mol. The van der Waals surface area contributed by atoms with E-state index in [1.54, 1.807) is 11.8 Å². The van der Waals surface area contributed by atoms with Gasteiger partial charge < -0.3 is 4.42 Å². The Labute approximate surface area is 339 Å². The molecule has 0 spiro atoms. The Hall–Kier alpha value is -7.41. The fraction of sp³-hybridized carbons (Fsp3) is 0. The van der Waals surface area contributed by atoms with Gasteiger partial charge in [0.15, 0.2) is 11.6 Å². The molecule has 58 heavy (non-hydrogen) atoms. The first-order valence-corrected chi connectivity index (χ1v) is 20.0. The van der Waals surface area contributed by atoms with Crippen molar-refractivity contribution in [3.05, 3.63) is 193 Å². The van der Waals surface area contributed by atoms with Gasteiger partial charge in [-0.2, -0.15) is 0 Å². The molecule has 1 aliphatic heterocycles. The maximum absolute atomic E-state index is 6.53. The zero-order valence-corrected chi connectivity index (χ0v) is 31.9. The van der Waals surface area contributed by atoms with E-state index in [9.17, 15) is 0 Å². The molecule has 11 rings (SSSR count). The molecule has 0 amide bonds. The predicted molar refractivity (Wildman–Crippen MR) is 237 cm³/mol. The number of rotatable bonds is 4. The molecule has 0 unspecified atom stereocenters. The van der Waals surface area contributed by atoms with Crippen LogP contribution in [0.3, 0.4) is 0 Å². The lowest BCUT2D eigenvalue weighted by atomic mass is 9.93. The summed E-state index contributed by atoms with van der Waals surface area (Å²) < 4.78 is 6.53. The van der Waals surface area contributed by atoms with Crippen LogP contribution in [0.15, 0.2) is 196 Å². The summed E-state index contributed by atoms with van der Waals surface area (Å²) in [6.07, 6.45) is 8.16. The topological polar surface area (TPSA) is 64.7 Å². The van der Waals surface area contributed by atoms with Crippen molar-refractivity contribution in [1.29, 1.82) is 0 Å². The Kier molecular flexibility index (Phi) is 8.34. The number of furan rings is 1. The van der Waals surface area contributed by atoms with Crippen molar-refractivity contribution in [2.45, 2.75) is 9.79 Å². The molecule has 10 aromatic rings. The van der Waals surface area contributed by atoms with Crippen molar-refractivity contribution in [3.8, 4) is 67.5 Å². The summed E-state index contributed by atoms with van der Waals surface area (Å²) in [4.78, 5) is 22.1. The fourth-order valence-electron chi connectivity index (χ4n) is 7.76. The van der Waals surface area contributed by atoms with Crippen molar-refractivity contribution in [2.75, 3.05) is 0 Å². The number of para-hydroxylation sites is 1. The molecule has 0 bridgehead atoms. The average molecular weight is 761 g/mol. The van der Waals surface area contributed by atoms with Gasteiger partial charge in [0.05, 0.1) is 11.4 Å². The molecule has 3 aromatic heterocycles. The van der Waals surface area contributed by atoms with Crippen LogP contribution in [-0.4, -0.2) is 19.9 Å². The molecule has 0 saturated heterocycles. The molecular weight excluding hydrogens is 729 g/mol. The lowest BCUT2D eigenvalue weighted by molar-refractivity contribution is 0.669. The van der Waals surface area contributed by atoms with E-state index in [4.69, 9.17) is 24.4 Å². The van der Waals surface area contributed by atoms with Gasteiger partial charge in [0, 0.05) is 55.2 Å². The number of nitrogens with zero attached hydrogens (tertiary/aromatic N) is 4. The Morgan fingerprint density at radius 3 is 1.81 bits per heavy atom. The van der Waals surface area contributed by atoms with E-state index < -0.39 is 0 Å². The normalized spacial score (nSPS) is 12.0. The van der Waals surface area contributed by atoms with Crippen molar-refractivity contribution in [1.82, 2.24) is 19.9 Å². The minimum atomic E-state index is 0.629. The van der Waals surface area contributed by atoms with Crippen LogP contribution in [0.25, 0.3) is 102 Å². The summed E-state index contributed by atoms with van der Waals surface area (Å²) >= 11 is 1.79. The van der Waals surface area contributed by atoms with Gasteiger partial charge in [0.1, 0.15) is 11.2 Å². The van der Waals surface area contributed by atoms with Crippen LogP contribution in [0, 0.1) is 0 Å². The van der Waals surface area contributed by atoms with E-state index in [0.717, 1.165) is 82.7 Å². The Morgan fingerprint density at radius 2 is 1.02 bits per heavy atom. The highest BCUT2D eigenvalue weighted by molar-refractivity contribution is 7.99. The third kappa shape index (κ3) is 6.17. The van der Waals surface area contributed by atoms with Crippen LogP contribution >= 0.6 is 11.8 Å². The largest absolute Gasteiger partial charge is 0.456 e. The van der Waals surface area contributed by atoms with E-state index in [1.165, 1.54) is 16.0 Å². The number of aromatic nitrogens is 4. The smallest absolute Gasteiger partial charge is 0.160 e. The molecule has 0 N–H and O–H groups in total. The number of fused-ring (bicyclic) bond motifs is 9. The third-order valence-electron chi connectivity index (χ3n) is 10.7. The minimum Gasteiger partial charge on any atom is -0.456 e. The van der Waals surface area contributed by atoms with Crippen LogP contribution < -0.4 is 0 Å². The van der Waals surface area contributed by atoms with Crippen molar-refractivity contribution in [3.63, 3.8) is 0 Å². The highest BCUT2D eigenvalue weighted by atomic mass is 32.2. The fourth-order valence-corrected chi connectivity index (χ4v) is 8.89. The first-order chi connectivity index (χ1) is 28.7. The summed E-state index contributed by atoms with van der Waals surface area (Å²) in [6, 6.07) is 58.9. The molecule has 0 atom stereocenters. The van der Waals surface area contributed by atoms with Crippen molar-refractivity contribution in [2.24, 2.45) is 0 Å². The van der Waals surface area contributed by atoms with Crippen LogP contribution in [0.2, 0.25) is 0 Å². The molecule has 5 nitrogen and oxygen atoms in total. The van der Waals surface area contributed by atoms with Crippen LogP contribution in [-0.2, 0) is 0 Å². The van der Waals surface area contributed by atoms with E-state index in [2.05, 4.69) is 103 Å². The second-order valence-corrected chi connectivity index (χ2v) is 15.3. The molecule has 7 aromatic carbocycles. The highest BCUT2D eigenvalue weighted by Gasteiger charge is 2.20. The van der Waals surface area contributed by atoms with E-state index >= 15 is 0 Å². The first-order valence-electron chi connectivity index (χ1n) is 19.2. The van der Waals surface area contributed by atoms with E-state index in [0.29, 0.717) is 11.6 Å². The second kappa shape index (κ2) is 14.3. The summed E-state index contributed by atoms with van der Waals surface area (Å²) in [7, 11) is 0. The summed E-state index contributed by atoms with van der Waals surface area (Å²) in [5, 5.41) is 2.20. The maximum atomic E-state index is 6.53. The molecule has 0 fully saturated rings. The molecule has 4 heterocycles. The van der Waals surface area contributed by atoms with Crippen molar-refractivity contribution < 1.29 is 4.42 Å². The van der Waals surface area contributed by atoms with Crippen molar-refractivity contribution >= 4 is 45.9 Å². The lowest BCUT2D eigenvalue weighted by Gasteiger charge is -2.16. The zero-order valence-electron chi connectivity index (χ0n) is 31.1. The molecule has 0 radical (unpaired) electrons. The van der Waals surface area contributed by atoms with Gasteiger partial charge in [0.2, 0.25) is 0 Å². The standard InChI is InChI=1S/C52H32N4OS/c1-3-14-35(15-4-1)51-53-31-38(32-54-51)46-30-45(55-52(56-46)36-16-5-2-6-17-36)37-26-25-34-24-23-33-13-7-8-18-39(33)41-20-10-12-22-49(41)58-50-29-43-40-19-9-11-21-47(40)57-48(43)28-44(50)42(34)27-37/h1-32H. The lowest BCUT2D eigenvalue weighted by Crippen LogP contribution is -1.98. The maximum Gasteiger partial charge on any atom is 0.160 e. The number of hydrogen-bond donors (Lipinski definition) is 0. The third-order valence-corrected chi connectivity index (χ3v) is 11.8. The van der Waals surface area contributed by atoms with Gasteiger partial charge in [0.25, 0.3) is 0 Å². The van der Waals surface area contributed by atoms with Gasteiger partial charge in [-0.05, 0) is 69.8 Å². The van der Waals surface area contributed by atoms with Gasteiger partial charge in [-0.15, -0.1) is 0 Å². The Bertz CT molecular complexity index is 3190. The van der Waals surface area contributed by atoms with Gasteiger partial charge in [-0.1, -0.05) is 157 Å². The summed E-state index contributed by atoms with van der Waals surface area (Å²) in [5.41, 5.74) is 13.7. The molecule has 1 aliphatic rings. The van der Waals surface area contributed by atoms with Gasteiger partial charge in [-0.3, -0.25) is 0 Å². The highest BCUT2D eigenvalue weighted by Crippen LogP contribution is 2.47. The summed E-state index contributed by atoms with van der Waals surface area (Å²) in [6.45, 7) is 0. The average Bonchev–Trinajstić information content (AvgIpc) is 3.65. The molecular formula is C52H32N4OS. The van der Waals surface area contributed by atoms with E-state index in [-0.39, 0.29) is 0 Å². The zero-order chi connectivity index (χ0) is 38.4. The minimum absolute atomic E-state index is 0.629. The molecule has 0 aliphatic carbocycles.